The maximum absolute atomic E-state index is 12.3. The molecule has 0 heterocycles. The molecule has 0 amide bonds. The topological polar surface area (TPSA) is 272 Å². The van der Waals surface area contributed by atoms with Crippen molar-refractivity contribution < 1.29 is 78.7 Å². The Kier molecular flexibility index (Phi) is 12.4. The number of fused-ring (bicyclic) bond motifs is 9. The lowest BCUT2D eigenvalue weighted by Crippen LogP contribution is -2.51. The smallest absolute Gasteiger partial charge is 0.307 e. The summed E-state index contributed by atoms with van der Waals surface area (Å²) in [6.45, 7) is 16.5. The standard InChI is InChI=1S/C19H24O6.C19H26O5.C19H24O5/c1-10-8-17-9-18(10,24)5-4-14(17)19(25-11(2)20)6-3-12(21)7-13(19)15(17)16(22)23;2*1-10-8-18-9-12(10)3-4-15(18)19(24-11(2)20)6-5-13(21)7-14(19)16(18)17(22)23/h3,6,12-15,21,24H,1,4-5,7-9H2,2H3,(H,22,23);12-16,21H,1,3-9H2,2H3,(H,22,23);5-6,12-16,21H,1,3-4,7-9H2,2H3,(H,22,23). The summed E-state index contributed by atoms with van der Waals surface area (Å²) in [6.07, 6.45) is 15.7. The largest absolute Gasteiger partial charge is 0.481 e. The van der Waals surface area contributed by atoms with Crippen LogP contribution in [0.4, 0.5) is 0 Å². The van der Waals surface area contributed by atoms with Gasteiger partial charge in [-0.25, -0.2) is 0 Å². The molecule has 12 aliphatic carbocycles. The van der Waals surface area contributed by atoms with Crippen LogP contribution >= 0.6 is 0 Å². The van der Waals surface area contributed by atoms with Crippen molar-refractivity contribution in [2.45, 2.75) is 171 Å². The van der Waals surface area contributed by atoms with Gasteiger partial charge >= 0.3 is 35.8 Å². The maximum atomic E-state index is 12.3. The third-order valence-electron chi connectivity index (χ3n) is 21.7. The fourth-order valence-corrected chi connectivity index (χ4v) is 20.0. The van der Waals surface area contributed by atoms with Gasteiger partial charge in [-0.05, 0) is 155 Å². The first-order valence-corrected chi connectivity index (χ1v) is 26.7. The summed E-state index contributed by atoms with van der Waals surface area (Å²) in [4.78, 5) is 72.5. The average molecular weight is 1020 g/mol. The summed E-state index contributed by atoms with van der Waals surface area (Å²) in [5.74, 6) is -6.26. The highest BCUT2D eigenvalue weighted by atomic mass is 16.6. The van der Waals surface area contributed by atoms with Crippen molar-refractivity contribution in [2.24, 2.45) is 81.3 Å². The fourth-order valence-electron chi connectivity index (χ4n) is 20.0. The molecule has 0 aromatic rings. The van der Waals surface area contributed by atoms with E-state index in [4.69, 9.17) is 14.2 Å². The van der Waals surface area contributed by atoms with Crippen molar-refractivity contribution in [3.05, 3.63) is 60.8 Å². The molecular weight excluding hydrogens is 941 g/mol. The van der Waals surface area contributed by atoms with Crippen molar-refractivity contribution in [1.29, 1.82) is 0 Å². The van der Waals surface area contributed by atoms with Gasteiger partial charge in [0, 0.05) is 56.3 Å². The number of aliphatic carboxylic acids is 3. The molecule has 73 heavy (non-hydrogen) atoms. The van der Waals surface area contributed by atoms with Gasteiger partial charge in [0.1, 0.15) is 16.8 Å². The first kappa shape index (κ1) is 51.8. The van der Waals surface area contributed by atoms with E-state index in [0.29, 0.717) is 75.2 Å². The molecule has 16 nitrogen and oxygen atoms in total. The number of hydrogen-bond donors (Lipinski definition) is 7. The van der Waals surface area contributed by atoms with E-state index in [1.807, 2.05) is 0 Å². The van der Waals surface area contributed by atoms with Gasteiger partial charge in [0.15, 0.2) is 0 Å². The van der Waals surface area contributed by atoms with E-state index >= 15 is 0 Å². The minimum Gasteiger partial charge on any atom is -0.481 e. The van der Waals surface area contributed by atoms with Crippen LogP contribution in [-0.4, -0.2) is 112 Å². The summed E-state index contributed by atoms with van der Waals surface area (Å²) in [7, 11) is 0. The number of aliphatic hydroxyl groups excluding tert-OH is 3. The molecule has 0 aliphatic heterocycles. The monoisotopic (exact) mass is 1010 g/mol. The Hall–Kier alpha value is -4.64. The second-order valence-corrected chi connectivity index (χ2v) is 25.0. The average Bonchev–Trinajstić information content (AvgIpc) is 3.98. The van der Waals surface area contributed by atoms with Crippen LogP contribution in [0.15, 0.2) is 60.8 Å². The molecule has 10 fully saturated rings. The molecule has 0 aromatic heterocycles. The number of hydrogen-bond acceptors (Lipinski definition) is 13. The summed E-state index contributed by atoms with van der Waals surface area (Å²) in [6, 6.07) is 0. The zero-order valence-corrected chi connectivity index (χ0v) is 42.3. The number of carboxylic acids is 3. The third kappa shape index (κ3) is 7.39. The molecule has 398 valence electrons. The molecule has 21 atom stereocenters. The Morgan fingerprint density at radius 3 is 1.49 bits per heavy atom. The summed E-state index contributed by atoms with van der Waals surface area (Å²) in [5.41, 5.74) is -2.13. The quantitative estimate of drug-likeness (QED) is 0.0881. The first-order chi connectivity index (χ1) is 34.2. The molecule has 12 rings (SSSR count). The van der Waals surface area contributed by atoms with Gasteiger partial charge in [-0.2, -0.15) is 0 Å². The van der Waals surface area contributed by atoms with Gasteiger partial charge in [0.05, 0.1) is 41.7 Å². The molecule has 0 aromatic carbocycles. The highest BCUT2D eigenvalue weighted by Gasteiger charge is 2.78. The number of rotatable bonds is 6. The Balaban J connectivity index is 0.000000126. The zero-order valence-electron chi connectivity index (χ0n) is 42.3. The van der Waals surface area contributed by atoms with Crippen LogP contribution in [0.3, 0.4) is 0 Å². The number of carboxylic acid groups (broad SMARTS) is 3. The SMILES string of the molecule is C=C1CC23CC1(O)CCC2C1(OC(C)=O)C=CC(O)CC1C3C(=O)O.C=C1CC23CC1CCC2C1(OC(C)=O)C=CC(O)CC1C3C(=O)O.C=C1CC23CC1CCC2C1(OC(C)=O)CCC(O)CC1C3C(=O)O. The predicted molar refractivity (Wildman–Crippen MR) is 259 cm³/mol. The first-order valence-electron chi connectivity index (χ1n) is 26.7. The molecular formula is C57H74O16. The minimum absolute atomic E-state index is 0.0146. The predicted octanol–water partition coefficient (Wildman–Crippen LogP) is 6.25. The van der Waals surface area contributed by atoms with Gasteiger partial charge in [0.25, 0.3) is 0 Å². The number of esters is 3. The van der Waals surface area contributed by atoms with E-state index in [1.165, 1.54) is 26.3 Å². The van der Waals surface area contributed by atoms with Gasteiger partial charge in [-0.15, -0.1) is 0 Å². The number of carbonyl (C=O) groups excluding carboxylic acids is 3. The lowest BCUT2D eigenvalue weighted by Gasteiger charge is -2.47. The van der Waals surface area contributed by atoms with Gasteiger partial charge in [-0.1, -0.05) is 43.0 Å². The van der Waals surface area contributed by atoms with Crippen LogP contribution < -0.4 is 0 Å². The van der Waals surface area contributed by atoms with Gasteiger partial charge in [0.2, 0.25) is 0 Å². The molecule has 0 radical (unpaired) electrons. The molecule has 12 aliphatic rings. The number of ether oxygens (including phenoxy) is 3. The molecule has 0 saturated heterocycles. The third-order valence-corrected chi connectivity index (χ3v) is 21.7. The molecule has 7 N–H and O–H groups in total. The Labute approximate surface area is 426 Å². The number of aliphatic hydroxyl groups is 4. The van der Waals surface area contributed by atoms with Crippen molar-refractivity contribution >= 4 is 35.8 Å². The summed E-state index contributed by atoms with van der Waals surface area (Å²) >= 11 is 0. The van der Waals surface area contributed by atoms with E-state index in [9.17, 15) is 64.5 Å². The fraction of sp³-hybridized carbons (Fsp3) is 0.719. The Bertz CT molecular complexity index is 2500. The molecule has 3 spiro atoms. The number of carbonyl (C=O) groups is 6. The van der Waals surface area contributed by atoms with E-state index < -0.39 is 99.1 Å². The lowest BCUT2D eigenvalue weighted by molar-refractivity contribution is -0.182. The molecule has 10 saturated carbocycles. The van der Waals surface area contributed by atoms with E-state index in [-0.39, 0.29) is 53.4 Å². The Morgan fingerprint density at radius 1 is 0.548 bits per heavy atom. The van der Waals surface area contributed by atoms with E-state index in [2.05, 4.69) is 19.7 Å². The Morgan fingerprint density at radius 2 is 1.00 bits per heavy atom. The van der Waals surface area contributed by atoms with Crippen LogP contribution in [0.2, 0.25) is 0 Å². The van der Waals surface area contributed by atoms with Crippen LogP contribution in [0.1, 0.15) is 130 Å². The van der Waals surface area contributed by atoms with Crippen molar-refractivity contribution in [3.8, 4) is 0 Å². The highest BCUT2D eigenvalue weighted by Crippen LogP contribution is 2.76. The molecule has 21 unspecified atom stereocenters. The second-order valence-electron chi connectivity index (χ2n) is 25.0. The van der Waals surface area contributed by atoms with Crippen molar-refractivity contribution in [1.82, 2.24) is 0 Å². The second kappa shape index (κ2) is 17.5. The molecule has 6 bridgehead atoms. The number of allylic oxidation sites excluding steroid dienone is 2. The lowest BCUT2D eigenvalue weighted by atomic mass is 9.62. The van der Waals surface area contributed by atoms with E-state index in [1.54, 1.807) is 24.3 Å². The maximum Gasteiger partial charge on any atom is 0.307 e. The minimum atomic E-state index is -1.03. The van der Waals surface area contributed by atoms with Crippen molar-refractivity contribution in [3.63, 3.8) is 0 Å². The van der Waals surface area contributed by atoms with Gasteiger partial charge < -0.3 is 50.0 Å². The van der Waals surface area contributed by atoms with E-state index in [0.717, 1.165) is 50.5 Å². The molecule has 16 heteroatoms. The normalized spacial score (nSPS) is 49.5. The van der Waals surface area contributed by atoms with Crippen LogP contribution in [0, 0.1) is 81.3 Å². The van der Waals surface area contributed by atoms with Crippen LogP contribution in [0.5, 0.6) is 0 Å². The van der Waals surface area contributed by atoms with Crippen LogP contribution in [-0.2, 0) is 43.0 Å². The highest BCUT2D eigenvalue weighted by molar-refractivity contribution is 5.76. The van der Waals surface area contributed by atoms with Crippen LogP contribution in [0.25, 0.3) is 0 Å². The summed E-state index contributed by atoms with van der Waals surface area (Å²) < 4.78 is 17.6. The van der Waals surface area contributed by atoms with Crippen molar-refractivity contribution in [2.75, 3.05) is 0 Å². The zero-order chi connectivity index (χ0) is 52.7. The van der Waals surface area contributed by atoms with Gasteiger partial charge in [-0.3, -0.25) is 28.8 Å². The summed E-state index contributed by atoms with van der Waals surface area (Å²) in [5, 5.41) is 71.5.